The highest BCUT2D eigenvalue weighted by Gasteiger charge is 2.55. The van der Waals surface area contributed by atoms with Gasteiger partial charge in [0.15, 0.2) is 5.82 Å². The molecule has 0 bridgehead atoms. The SMILES string of the molecule is Cc1nc(N)c2ccc([C@@H]3O[C@](C#N)(CO)[C@@H](O)[C@H]3O)n2n1. The van der Waals surface area contributed by atoms with Gasteiger partial charge < -0.3 is 25.8 Å². The summed E-state index contributed by atoms with van der Waals surface area (Å²) in [7, 11) is 0. The van der Waals surface area contributed by atoms with Crippen molar-refractivity contribution >= 4 is 11.3 Å². The number of rotatable bonds is 2. The number of nitrogen functional groups attached to an aromatic ring is 1. The largest absolute Gasteiger partial charge is 0.392 e. The molecular weight excluding hydrogens is 290 g/mol. The quantitative estimate of drug-likeness (QED) is 0.533. The zero-order valence-electron chi connectivity index (χ0n) is 11.7. The summed E-state index contributed by atoms with van der Waals surface area (Å²) in [5.74, 6) is 0.685. The summed E-state index contributed by atoms with van der Waals surface area (Å²) in [6, 6.07) is 4.99. The molecule has 0 aromatic carbocycles. The predicted octanol–water partition coefficient (Wildman–Crippen LogP) is -1.33. The maximum absolute atomic E-state index is 10.2. The smallest absolute Gasteiger partial charge is 0.206 e. The molecule has 4 atom stereocenters. The number of ether oxygens (including phenoxy) is 1. The highest BCUT2D eigenvalue weighted by atomic mass is 16.6. The highest BCUT2D eigenvalue weighted by Crippen LogP contribution is 2.40. The lowest BCUT2D eigenvalue weighted by Gasteiger charge is -2.21. The fraction of sp³-hybridized carbons (Fsp3) is 0.462. The molecule has 9 nitrogen and oxygen atoms in total. The number of hydrogen-bond acceptors (Lipinski definition) is 8. The molecule has 1 saturated heterocycles. The van der Waals surface area contributed by atoms with E-state index >= 15 is 0 Å². The van der Waals surface area contributed by atoms with Crippen LogP contribution >= 0.6 is 0 Å². The maximum Gasteiger partial charge on any atom is 0.206 e. The number of nitrogens with two attached hydrogens (primary N) is 1. The number of nitriles is 1. The Hall–Kier alpha value is -2.25. The van der Waals surface area contributed by atoms with E-state index in [4.69, 9.17) is 15.7 Å². The molecule has 0 radical (unpaired) electrons. The summed E-state index contributed by atoms with van der Waals surface area (Å²) in [6.45, 7) is 0.922. The Bertz CT molecular complexity index is 770. The Balaban J connectivity index is 2.11. The molecule has 116 valence electrons. The molecule has 0 saturated carbocycles. The number of nitrogens with zero attached hydrogens (tertiary/aromatic N) is 4. The molecule has 0 unspecified atom stereocenters. The van der Waals surface area contributed by atoms with Crippen LogP contribution in [0.2, 0.25) is 0 Å². The second-order valence-corrected chi connectivity index (χ2v) is 5.23. The Morgan fingerprint density at radius 2 is 2.23 bits per heavy atom. The van der Waals surface area contributed by atoms with Gasteiger partial charge in [-0.15, -0.1) is 0 Å². The van der Waals surface area contributed by atoms with E-state index in [0.29, 0.717) is 17.0 Å². The van der Waals surface area contributed by atoms with Crippen LogP contribution in [0, 0.1) is 18.3 Å². The number of aliphatic hydroxyl groups is 3. The molecule has 22 heavy (non-hydrogen) atoms. The number of aromatic nitrogens is 3. The Labute approximate surface area is 125 Å². The topological polar surface area (TPSA) is 150 Å². The normalized spacial score (nSPS) is 31.5. The van der Waals surface area contributed by atoms with Gasteiger partial charge in [0, 0.05) is 0 Å². The van der Waals surface area contributed by atoms with Crippen molar-refractivity contribution in [1.29, 1.82) is 5.26 Å². The van der Waals surface area contributed by atoms with E-state index in [2.05, 4.69) is 10.1 Å². The number of aliphatic hydroxyl groups excluding tert-OH is 3. The van der Waals surface area contributed by atoms with Crippen molar-refractivity contribution in [2.24, 2.45) is 0 Å². The van der Waals surface area contributed by atoms with E-state index in [0.717, 1.165) is 0 Å². The van der Waals surface area contributed by atoms with E-state index in [1.54, 1.807) is 25.1 Å². The summed E-state index contributed by atoms with van der Waals surface area (Å²) >= 11 is 0. The molecule has 2 aromatic rings. The lowest BCUT2D eigenvalue weighted by atomic mass is 9.96. The van der Waals surface area contributed by atoms with Crippen LogP contribution < -0.4 is 5.73 Å². The van der Waals surface area contributed by atoms with Crippen molar-refractivity contribution < 1.29 is 20.1 Å². The zero-order valence-corrected chi connectivity index (χ0v) is 11.7. The molecule has 0 spiro atoms. The number of aryl methyl sites for hydroxylation is 1. The molecular formula is C13H15N5O4. The Kier molecular flexibility index (Phi) is 3.26. The first-order valence-electron chi connectivity index (χ1n) is 6.61. The van der Waals surface area contributed by atoms with Crippen molar-refractivity contribution in [2.75, 3.05) is 12.3 Å². The summed E-state index contributed by atoms with van der Waals surface area (Å²) in [5, 5.41) is 43.0. The molecule has 0 aliphatic carbocycles. The van der Waals surface area contributed by atoms with Crippen molar-refractivity contribution in [3.63, 3.8) is 0 Å². The lowest BCUT2D eigenvalue weighted by molar-refractivity contribution is -0.0746. The van der Waals surface area contributed by atoms with Gasteiger partial charge in [0.05, 0.1) is 12.3 Å². The highest BCUT2D eigenvalue weighted by molar-refractivity contribution is 5.65. The summed E-state index contributed by atoms with van der Waals surface area (Å²) in [5.41, 5.74) is 4.87. The summed E-state index contributed by atoms with van der Waals surface area (Å²) in [4.78, 5) is 4.04. The average Bonchev–Trinajstić information content (AvgIpc) is 3.01. The van der Waals surface area contributed by atoms with Gasteiger partial charge in [0.25, 0.3) is 0 Å². The third-order valence-electron chi connectivity index (χ3n) is 3.84. The third-order valence-corrected chi connectivity index (χ3v) is 3.84. The van der Waals surface area contributed by atoms with Gasteiger partial charge in [-0.2, -0.15) is 10.4 Å². The second-order valence-electron chi connectivity index (χ2n) is 5.23. The maximum atomic E-state index is 10.2. The Morgan fingerprint density at radius 3 is 2.82 bits per heavy atom. The van der Waals surface area contributed by atoms with E-state index in [1.165, 1.54) is 4.52 Å². The third kappa shape index (κ3) is 1.86. The van der Waals surface area contributed by atoms with Crippen LogP contribution in [0.4, 0.5) is 5.82 Å². The lowest BCUT2D eigenvalue weighted by Crippen LogP contribution is -2.44. The monoisotopic (exact) mass is 305 g/mol. The summed E-state index contributed by atoms with van der Waals surface area (Å²) in [6.07, 6.45) is -3.96. The molecule has 3 rings (SSSR count). The van der Waals surface area contributed by atoms with Gasteiger partial charge in [-0.25, -0.2) is 9.50 Å². The molecule has 1 fully saturated rings. The molecule has 1 aliphatic heterocycles. The van der Waals surface area contributed by atoms with Crippen LogP contribution in [0.25, 0.3) is 5.52 Å². The zero-order chi connectivity index (χ0) is 16.1. The minimum Gasteiger partial charge on any atom is -0.392 e. The minimum absolute atomic E-state index is 0.264. The predicted molar refractivity (Wildman–Crippen MR) is 73.4 cm³/mol. The molecule has 2 aromatic heterocycles. The van der Waals surface area contributed by atoms with Crippen LogP contribution in [0.1, 0.15) is 17.6 Å². The van der Waals surface area contributed by atoms with E-state index < -0.39 is 30.5 Å². The van der Waals surface area contributed by atoms with E-state index in [9.17, 15) is 15.3 Å². The molecule has 1 aliphatic rings. The molecule has 0 amide bonds. The van der Waals surface area contributed by atoms with Gasteiger partial charge in [0.1, 0.15) is 35.7 Å². The van der Waals surface area contributed by atoms with Crippen LogP contribution in [-0.4, -0.2) is 54.3 Å². The van der Waals surface area contributed by atoms with Crippen molar-refractivity contribution in [2.45, 2.75) is 30.8 Å². The minimum atomic E-state index is -1.87. The van der Waals surface area contributed by atoms with E-state index in [1.807, 2.05) is 0 Å². The van der Waals surface area contributed by atoms with Crippen molar-refractivity contribution in [3.05, 3.63) is 23.7 Å². The van der Waals surface area contributed by atoms with Gasteiger partial charge in [-0.3, -0.25) is 0 Å². The molecule has 3 heterocycles. The van der Waals surface area contributed by atoms with Gasteiger partial charge in [-0.1, -0.05) is 0 Å². The van der Waals surface area contributed by atoms with Gasteiger partial charge >= 0.3 is 0 Å². The van der Waals surface area contributed by atoms with Crippen molar-refractivity contribution in [1.82, 2.24) is 14.6 Å². The summed E-state index contributed by atoms with van der Waals surface area (Å²) < 4.78 is 6.92. The Morgan fingerprint density at radius 1 is 1.50 bits per heavy atom. The fourth-order valence-electron chi connectivity index (χ4n) is 2.67. The van der Waals surface area contributed by atoms with Gasteiger partial charge in [0.2, 0.25) is 5.60 Å². The first-order chi connectivity index (χ1) is 10.4. The molecule has 9 heteroatoms. The van der Waals surface area contributed by atoms with Gasteiger partial charge in [-0.05, 0) is 19.1 Å². The van der Waals surface area contributed by atoms with Crippen LogP contribution in [0.15, 0.2) is 12.1 Å². The van der Waals surface area contributed by atoms with Crippen LogP contribution in [0.3, 0.4) is 0 Å². The second kappa shape index (κ2) is 4.89. The standard InChI is InChI=1S/C13H15N5O4/c1-6-16-12(15)8-3-2-7(18(8)17-6)10-9(20)11(21)13(4-14,5-19)22-10/h2-3,9-11,19-21H,5H2,1H3,(H2,15,16,17)/t9-,10-,11-,13+/m0/s1. The number of hydrogen-bond donors (Lipinski definition) is 4. The van der Waals surface area contributed by atoms with E-state index in [-0.39, 0.29) is 5.82 Å². The fourth-order valence-corrected chi connectivity index (χ4v) is 2.67. The first-order valence-corrected chi connectivity index (χ1v) is 6.61. The molecule has 5 N–H and O–H groups in total. The average molecular weight is 305 g/mol. The van der Waals surface area contributed by atoms with Crippen LogP contribution in [-0.2, 0) is 4.74 Å². The number of fused-ring (bicyclic) bond motifs is 1. The number of anilines is 1. The van der Waals surface area contributed by atoms with Crippen molar-refractivity contribution in [3.8, 4) is 6.07 Å². The first kappa shape index (κ1) is 14.7. The van der Waals surface area contributed by atoms with Crippen LogP contribution in [0.5, 0.6) is 0 Å².